The van der Waals surface area contributed by atoms with Crippen molar-refractivity contribution in [2.75, 3.05) is 14.7 Å². The summed E-state index contributed by atoms with van der Waals surface area (Å²) < 4.78 is 30.0. The third-order valence-corrected chi connectivity index (χ3v) is 28.3. The third-order valence-electron chi connectivity index (χ3n) is 28.3. The van der Waals surface area contributed by atoms with Crippen LogP contribution in [0.4, 0.5) is 51.2 Å². The first kappa shape index (κ1) is 79.2. The van der Waals surface area contributed by atoms with Gasteiger partial charge in [-0.2, -0.15) is 0 Å². The molecule has 13 nitrogen and oxygen atoms in total. The van der Waals surface area contributed by atoms with Crippen LogP contribution in [-0.4, -0.2) is 53.4 Å². The lowest BCUT2D eigenvalue weighted by Gasteiger charge is -2.35. The fraction of sp³-hybridized carbons (Fsp3) is 0. The van der Waals surface area contributed by atoms with E-state index in [0.29, 0.717) is 0 Å². The summed E-state index contributed by atoms with van der Waals surface area (Å²) in [4.78, 5) is 21.9. The molecular formula is C123H79B3N10O3. The van der Waals surface area contributed by atoms with E-state index in [1.165, 1.54) is 49.2 Å². The molecule has 0 bridgehead atoms. The van der Waals surface area contributed by atoms with E-state index in [0.717, 1.165) is 197 Å². The Hall–Kier alpha value is -18.4. The van der Waals surface area contributed by atoms with Crippen LogP contribution in [0, 0.1) is 0 Å². The van der Waals surface area contributed by atoms with Gasteiger partial charge in [0, 0.05) is 103 Å². The quantitative estimate of drug-likeness (QED) is 0.105. The number of hydrogen-bond acceptors (Lipinski definition) is 9. The number of anilines is 9. The molecule has 6 aliphatic rings. The summed E-state index contributed by atoms with van der Waals surface area (Å²) in [5.41, 5.74) is 39.2. The van der Waals surface area contributed by atoms with E-state index in [1.807, 2.05) is 24.8 Å². The maximum atomic E-state index is 7.15. The molecule has 0 N–H and O–H groups in total. The van der Waals surface area contributed by atoms with Crippen LogP contribution < -0.4 is 78.1 Å². The summed E-state index contributed by atoms with van der Waals surface area (Å²) in [5, 5.41) is 2.45. The lowest BCUT2D eigenvalue weighted by molar-refractivity contribution is 0.487. The average Bonchev–Trinajstić information content (AvgIpc) is 1.65. The summed E-state index contributed by atoms with van der Waals surface area (Å²) in [6.45, 7) is 0.0344. The van der Waals surface area contributed by atoms with Gasteiger partial charge in [-0.05, 0) is 217 Å². The highest BCUT2D eigenvalue weighted by molar-refractivity contribution is 7.00. The van der Waals surface area contributed by atoms with Crippen LogP contribution in [0.1, 0.15) is 0 Å². The normalized spacial score (nSPS) is 12.4. The Morgan fingerprint density at radius 1 is 0.216 bits per heavy atom. The number of rotatable bonds is 13. The van der Waals surface area contributed by atoms with E-state index in [9.17, 15) is 0 Å². The van der Waals surface area contributed by atoms with Crippen LogP contribution in [0.2, 0.25) is 0 Å². The predicted molar refractivity (Wildman–Crippen MR) is 571 cm³/mol. The molecule has 4 aromatic heterocycles. The van der Waals surface area contributed by atoms with Gasteiger partial charge in [0.25, 0.3) is 20.1 Å². The highest BCUT2D eigenvalue weighted by Crippen LogP contribution is 2.48. The molecule has 0 unspecified atom stereocenters. The molecule has 0 aliphatic carbocycles. The lowest BCUT2D eigenvalue weighted by Crippen LogP contribution is -2.58. The maximum Gasteiger partial charge on any atom is 0.256 e. The van der Waals surface area contributed by atoms with Gasteiger partial charge in [-0.1, -0.05) is 297 Å². The number of fused-ring (bicyclic) bond motifs is 15. The largest absolute Gasteiger partial charge is 0.458 e. The van der Waals surface area contributed by atoms with Crippen LogP contribution >= 0.6 is 0 Å². The molecule has 139 heavy (non-hydrogen) atoms. The molecule has 0 saturated heterocycles. The van der Waals surface area contributed by atoms with Gasteiger partial charge < -0.3 is 33.5 Å². The summed E-state index contributed by atoms with van der Waals surface area (Å²) in [7, 11) is 0. The number of hydrogen-bond donors (Lipinski definition) is 0. The van der Waals surface area contributed by atoms with E-state index in [2.05, 4.69) is 493 Å². The zero-order chi connectivity index (χ0) is 91.3. The minimum atomic E-state index is -0.0604. The zero-order valence-electron chi connectivity index (χ0n) is 75.0. The van der Waals surface area contributed by atoms with Crippen molar-refractivity contribution in [2.45, 2.75) is 0 Å². The number of para-hydroxylation sites is 10. The predicted octanol–water partition coefficient (Wildman–Crippen LogP) is 24.4. The Morgan fingerprint density at radius 3 is 1.12 bits per heavy atom. The fourth-order valence-electron chi connectivity index (χ4n) is 22.4. The van der Waals surface area contributed by atoms with E-state index in [1.54, 1.807) is 0 Å². The number of aromatic nitrogens is 7. The molecule has 20 aromatic carbocycles. The first-order valence-electron chi connectivity index (χ1n) is 47.3. The van der Waals surface area contributed by atoms with Crippen molar-refractivity contribution < 1.29 is 14.2 Å². The highest BCUT2D eigenvalue weighted by atomic mass is 16.5. The van der Waals surface area contributed by atoms with Crippen LogP contribution in [0.25, 0.3) is 111 Å². The van der Waals surface area contributed by atoms with Crippen LogP contribution in [-0.2, 0) is 0 Å². The van der Waals surface area contributed by atoms with Gasteiger partial charge >= 0.3 is 0 Å². The van der Waals surface area contributed by atoms with Crippen molar-refractivity contribution in [3.05, 3.63) is 480 Å². The number of imidazole rings is 3. The van der Waals surface area contributed by atoms with Crippen molar-refractivity contribution in [3.8, 4) is 90.9 Å². The van der Waals surface area contributed by atoms with E-state index in [-0.39, 0.29) is 20.1 Å². The maximum absolute atomic E-state index is 7.15. The van der Waals surface area contributed by atoms with E-state index >= 15 is 0 Å². The van der Waals surface area contributed by atoms with Crippen LogP contribution in [0.3, 0.4) is 0 Å². The van der Waals surface area contributed by atoms with E-state index < -0.39 is 0 Å². The highest BCUT2D eigenvalue weighted by Gasteiger charge is 2.46. The molecule has 16 heteroatoms. The van der Waals surface area contributed by atoms with Gasteiger partial charge in [-0.3, -0.25) is 13.7 Å². The molecule has 30 rings (SSSR count). The smallest absolute Gasteiger partial charge is 0.256 e. The van der Waals surface area contributed by atoms with Crippen LogP contribution in [0.5, 0.6) is 34.5 Å². The molecule has 24 aromatic rings. The molecule has 0 amide bonds. The van der Waals surface area contributed by atoms with Crippen molar-refractivity contribution in [1.29, 1.82) is 0 Å². The second kappa shape index (κ2) is 32.2. The Kier molecular flexibility index (Phi) is 18.3. The summed E-state index contributed by atoms with van der Waals surface area (Å²) >= 11 is 0. The first-order valence-corrected chi connectivity index (χ1v) is 47.3. The standard InChI is InChI=1S/C49H30BN3O.C43H29BN4O.C31H20BN3O/c1-4-14-31(15-5-1)34-24-25-39-45(28-34)54-46-30-36(52-42-22-12-10-20-37(42)38-21-11-13-23-43(38)52)29-44-47(46)50(39)40-26-35(32-16-6-2-7-17-32)27-41-48(40)53(44)49(51-41)33-18-8-3-9-19-33;1-5-14-30(15-6-1)47(31-16-7-2-8-17-31)34-24-25-36-40(27-34)49-41-28-35(48(32-18-9-3-10-19-32)33-20-11-4-12-21-33)26-39-42(41)44(36)37-22-13-23-38-43(37)46(39)29-45-38;1-3-9-21(10-4-1)35(22-11-5-2-6-12-22)23-17-18-24-29(19-23)36-28-16-8-15-27-30(28)32(24)25-13-7-14-26-31(25)34(27)20-33-26/h1-30H;1-29H;1-20H. The minimum absolute atomic E-state index is 0.00597. The van der Waals surface area contributed by atoms with Crippen LogP contribution in [0.15, 0.2) is 480 Å². The van der Waals surface area contributed by atoms with Gasteiger partial charge in [-0.25, -0.2) is 15.0 Å². The minimum Gasteiger partial charge on any atom is -0.458 e. The Labute approximate surface area is 802 Å². The molecule has 0 spiro atoms. The first-order chi connectivity index (χ1) is 69.0. The van der Waals surface area contributed by atoms with Crippen molar-refractivity contribution in [1.82, 2.24) is 33.2 Å². The molecule has 0 atom stereocenters. The number of nitrogens with zero attached hydrogens (tertiary/aromatic N) is 10. The molecule has 0 radical (unpaired) electrons. The van der Waals surface area contributed by atoms with Gasteiger partial charge in [-0.15, -0.1) is 0 Å². The molecule has 648 valence electrons. The molecule has 10 heterocycles. The number of ether oxygens (including phenoxy) is 3. The second-order valence-electron chi connectivity index (χ2n) is 36.1. The van der Waals surface area contributed by atoms with E-state index in [4.69, 9.17) is 24.2 Å². The Balaban J connectivity index is 0.000000105. The summed E-state index contributed by atoms with van der Waals surface area (Å²) in [6, 6.07) is 165. The molecule has 0 saturated carbocycles. The third kappa shape index (κ3) is 12.9. The summed E-state index contributed by atoms with van der Waals surface area (Å²) in [5.74, 6) is 6.17. The fourth-order valence-corrected chi connectivity index (χ4v) is 22.4. The topological polar surface area (TPSA) is 95.8 Å². The zero-order valence-corrected chi connectivity index (χ0v) is 75.0. The van der Waals surface area contributed by atoms with Gasteiger partial charge in [0.2, 0.25) is 0 Å². The van der Waals surface area contributed by atoms with Crippen molar-refractivity contribution in [2.24, 2.45) is 0 Å². The number of benzene rings is 20. The van der Waals surface area contributed by atoms with Gasteiger partial charge in [0.1, 0.15) is 53.0 Å². The van der Waals surface area contributed by atoms with Crippen molar-refractivity contribution in [3.63, 3.8) is 0 Å². The Morgan fingerprint density at radius 2 is 0.612 bits per heavy atom. The summed E-state index contributed by atoms with van der Waals surface area (Å²) in [6.07, 6.45) is 3.88. The molecule has 0 fully saturated rings. The van der Waals surface area contributed by atoms with Gasteiger partial charge in [0.05, 0.1) is 55.5 Å². The SMILES string of the molecule is c1ccc(-c2ccc3c(c2)Oc2cc(-n4c5ccccc5c5ccccc54)cc4c2B3c2cc(-c3ccccc3)cc3nc(-c5ccccc5)n-4c23)cc1.c1ccc(N(c2ccccc2)c2ccc3c(c2)Oc2cc(N(c4ccccc4)c4ccccc4)cc4c2B3c2cccc3ncn-4c23)cc1.c1ccc(N(c2ccccc2)c2ccc3c(c2)Oc2cccc4c2B3c2cccc3ncn-4c23)cc1. The van der Waals surface area contributed by atoms with Crippen molar-refractivity contribution >= 4 is 175 Å². The second-order valence-corrected chi connectivity index (χ2v) is 36.1. The monoisotopic (exact) mass is 1780 g/mol. The average molecular weight is 1780 g/mol. The molecule has 6 aliphatic heterocycles. The Bertz CT molecular complexity index is 8850. The molecular weight excluding hydrogens is 1700 g/mol. The lowest BCUT2D eigenvalue weighted by atomic mass is 9.34. The van der Waals surface area contributed by atoms with Gasteiger partial charge in [0.15, 0.2) is 0 Å².